The van der Waals surface area contributed by atoms with E-state index in [0.717, 1.165) is 23.3 Å². The summed E-state index contributed by atoms with van der Waals surface area (Å²) in [6, 6.07) is 2.12. The van der Waals surface area contributed by atoms with Gasteiger partial charge in [-0.25, -0.2) is 0 Å². The Bertz CT molecular complexity index is 323. The highest BCUT2D eigenvalue weighted by Crippen LogP contribution is 2.22. The second-order valence-electron chi connectivity index (χ2n) is 3.26. The number of hydrogen-bond donors (Lipinski definition) is 0. The molecule has 0 saturated carbocycles. The van der Waals surface area contributed by atoms with Crippen LogP contribution < -0.4 is 0 Å². The fraction of sp³-hybridized carbons (Fsp3) is 0.444. The Morgan fingerprint density at radius 1 is 1.62 bits per heavy atom. The van der Waals surface area contributed by atoms with Crippen molar-refractivity contribution in [3.63, 3.8) is 0 Å². The van der Waals surface area contributed by atoms with Gasteiger partial charge < -0.3 is 0 Å². The van der Waals surface area contributed by atoms with Gasteiger partial charge in [0.2, 0.25) is 0 Å². The maximum absolute atomic E-state index is 11.0. The monoisotopic (exact) mass is 259 g/mol. The second kappa shape index (κ2) is 3.90. The highest BCUT2D eigenvalue weighted by atomic mass is 79.9. The molecule has 0 atom stereocenters. The van der Waals surface area contributed by atoms with E-state index in [1.807, 2.05) is 0 Å². The zero-order chi connectivity index (χ0) is 9.26. The van der Waals surface area contributed by atoms with E-state index >= 15 is 0 Å². The first kappa shape index (κ1) is 9.37. The first-order valence-electron chi connectivity index (χ1n) is 4.21. The third-order valence-electron chi connectivity index (χ3n) is 2.13. The van der Waals surface area contributed by atoms with E-state index in [9.17, 15) is 4.79 Å². The summed E-state index contributed by atoms with van der Waals surface area (Å²) >= 11 is 5.12. The van der Waals surface area contributed by atoms with Crippen LogP contribution in [0.3, 0.4) is 0 Å². The van der Waals surface area contributed by atoms with E-state index in [1.54, 1.807) is 11.3 Å². The number of halogens is 1. The molecule has 1 fully saturated rings. The van der Waals surface area contributed by atoms with E-state index in [2.05, 4.69) is 32.3 Å². The van der Waals surface area contributed by atoms with E-state index in [-0.39, 0.29) is 0 Å². The Balaban J connectivity index is 1.95. The molecule has 0 aliphatic carbocycles. The van der Waals surface area contributed by atoms with Gasteiger partial charge in [0, 0.05) is 19.5 Å². The number of nitrogens with zero attached hydrogens (tertiary/aromatic N) is 1. The predicted octanol–water partition coefficient (Wildman–Crippen LogP) is 2.29. The fourth-order valence-corrected chi connectivity index (χ4v) is 2.71. The van der Waals surface area contributed by atoms with Crippen molar-refractivity contribution < 1.29 is 4.79 Å². The topological polar surface area (TPSA) is 20.3 Å². The summed E-state index contributed by atoms with van der Waals surface area (Å²) in [6.07, 6.45) is 0.727. The van der Waals surface area contributed by atoms with Gasteiger partial charge in [0.15, 0.2) is 0 Å². The molecule has 1 saturated heterocycles. The minimum absolute atomic E-state index is 0.370. The highest BCUT2D eigenvalue weighted by Gasteiger charge is 2.19. The molecular formula is C9H10BrNOS. The Labute approximate surface area is 89.7 Å². The summed E-state index contributed by atoms with van der Waals surface area (Å²) in [4.78, 5) is 13.2. The van der Waals surface area contributed by atoms with Crippen molar-refractivity contribution >= 4 is 33.0 Å². The van der Waals surface area contributed by atoms with Crippen LogP contribution in [0.5, 0.6) is 0 Å². The van der Waals surface area contributed by atoms with Crippen molar-refractivity contribution in [3.8, 4) is 0 Å². The van der Waals surface area contributed by atoms with Crippen LogP contribution in [0.25, 0.3) is 0 Å². The van der Waals surface area contributed by atoms with Crippen LogP contribution in [0.4, 0.5) is 0 Å². The zero-order valence-corrected chi connectivity index (χ0v) is 9.53. The first-order chi connectivity index (χ1) is 6.24. The number of hydrogen-bond acceptors (Lipinski definition) is 3. The normalized spacial score (nSPS) is 18.4. The van der Waals surface area contributed by atoms with Gasteiger partial charge >= 0.3 is 0 Å². The number of Topliss-reactive ketones (excluding diaryl/α,β-unsaturated/α-hetero) is 1. The van der Waals surface area contributed by atoms with Crippen LogP contribution in [-0.4, -0.2) is 23.8 Å². The molecule has 4 heteroatoms. The molecule has 2 nitrogen and oxygen atoms in total. The van der Waals surface area contributed by atoms with Crippen LogP contribution in [-0.2, 0) is 11.3 Å². The third kappa shape index (κ3) is 2.39. The molecule has 1 aliphatic rings. The van der Waals surface area contributed by atoms with E-state index in [4.69, 9.17) is 0 Å². The Morgan fingerprint density at radius 2 is 2.46 bits per heavy atom. The van der Waals surface area contributed by atoms with Gasteiger partial charge in [0.1, 0.15) is 5.78 Å². The molecule has 0 N–H and O–H groups in total. The molecule has 1 aromatic rings. The summed E-state index contributed by atoms with van der Waals surface area (Å²) in [5.74, 6) is 0.370. The predicted molar refractivity (Wildman–Crippen MR) is 56.9 cm³/mol. The molecule has 2 rings (SSSR count). The van der Waals surface area contributed by atoms with Crippen LogP contribution in [0.2, 0.25) is 0 Å². The number of ketones is 1. The molecule has 2 heterocycles. The molecule has 70 valence electrons. The lowest BCUT2D eigenvalue weighted by molar-refractivity contribution is -0.116. The minimum Gasteiger partial charge on any atom is -0.298 e. The number of carbonyl (C=O) groups excluding carboxylic acids is 1. The molecule has 13 heavy (non-hydrogen) atoms. The lowest BCUT2D eigenvalue weighted by atomic mass is 10.3. The molecule has 0 radical (unpaired) electrons. The summed E-state index contributed by atoms with van der Waals surface area (Å²) in [6.45, 7) is 2.47. The van der Waals surface area contributed by atoms with Crippen molar-refractivity contribution in [2.75, 3.05) is 13.1 Å². The number of thiophene rings is 1. The van der Waals surface area contributed by atoms with Crippen LogP contribution in [0, 0.1) is 0 Å². The average molecular weight is 260 g/mol. The quantitative estimate of drug-likeness (QED) is 0.813. The van der Waals surface area contributed by atoms with Gasteiger partial charge in [-0.05, 0) is 32.9 Å². The molecule has 0 aromatic carbocycles. The first-order valence-corrected chi connectivity index (χ1v) is 5.88. The Kier molecular flexibility index (Phi) is 2.81. The lowest BCUT2D eigenvalue weighted by Crippen LogP contribution is -2.19. The van der Waals surface area contributed by atoms with Gasteiger partial charge in [-0.1, -0.05) is 0 Å². The summed E-state index contributed by atoms with van der Waals surface area (Å²) in [5, 5.41) is 2.13. The van der Waals surface area contributed by atoms with Gasteiger partial charge in [-0.2, -0.15) is 0 Å². The van der Waals surface area contributed by atoms with Gasteiger partial charge in [0.25, 0.3) is 0 Å². The van der Waals surface area contributed by atoms with E-state index < -0.39 is 0 Å². The molecule has 0 bridgehead atoms. The van der Waals surface area contributed by atoms with Crippen LogP contribution in [0.15, 0.2) is 15.2 Å². The SMILES string of the molecule is O=C1CCN(Cc2csc(Br)c2)C1. The standard InChI is InChI=1S/C9H10BrNOS/c10-9-3-7(6-13-9)4-11-2-1-8(12)5-11/h3,6H,1-2,4-5H2. The lowest BCUT2D eigenvalue weighted by Gasteiger charge is -2.11. The van der Waals surface area contributed by atoms with Crippen molar-refractivity contribution in [1.29, 1.82) is 0 Å². The van der Waals surface area contributed by atoms with Gasteiger partial charge in [0.05, 0.1) is 10.3 Å². The van der Waals surface area contributed by atoms with Gasteiger partial charge in [-0.3, -0.25) is 9.69 Å². The maximum atomic E-state index is 11.0. The summed E-state index contributed by atoms with van der Waals surface area (Å²) in [7, 11) is 0. The Morgan fingerprint density at radius 3 is 3.00 bits per heavy atom. The van der Waals surface area contributed by atoms with Crippen molar-refractivity contribution in [2.24, 2.45) is 0 Å². The molecule has 0 amide bonds. The van der Waals surface area contributed by atoms with E-state index in [1.165, 1.54) is 5.56 Å². The summed E-state index contributed by atoms with van der Waals surface area (Å²) in [5.41, 5.74) is 1.30. The molecule has 1 aromatic heterocycles. The van der Waals surface area contributed by atoms with Crippen molar-refractivity contribution in [2.45, 2.75) is 13.0 Å². The third-order valence-corrected chi connectivity index (χ3v) is 3.69. The number of carbonyl (C=O) groups is 1. The molecule has 0 unspecified atom stereocenters. The summed E-state index contributed by atoms with van der Waals surface area (Å²) < 4.78 is 1.16. The minimum atomic E-state index is 0.370. The maximum Gasteiger partial charge on any atom is 0.148 e. The highest BCUT2D eigenvalue weighted by molar-refractivity contribution is 9.11. The zero-order valence-electron chi connectivity index (χ0n) is 7.12. The van der Waals surface area contributed by atoms with E-state index in [0.29, 0.717) is 12.3 Å². The smallest absolute Gasteiger partial charge is 0.148 e. The van der Waals surface area contributed by atoms with Crippen molar-refractivity contribution in [1.82, 2.24) is 4.90 Å². The molecule has 0 spiro atoms. The number of likely N-dealkylation sites (tertiary alicyclic amines) is 1. The molecular weight excluding hydrogens is 250 g/mol. The second-order valence-corrected chi connectivity index (χ2v) is 5.55. The average Bonchev–Trinajstić information content (AvgIpc) is 2.62. The van der Waals surface area contributed by atoms with Crippen LogP contribution >= 0.6 is 27.3 Å². The number of rotatable bonds is 2. The van der Waals surface area contributed by atoms with Crippen LogP contribution in [0.1, 0.15) is 12.0 Å². The molecule has 1 aliphatic heterocycles. The largest absolute Gasteiger partial charge is 0.298 e. The van der Waals surface area contributed by atoms with Gasteiger partial charge in [-0.15, -0.1) is 11.3 Å². The fourth-order valence-electron chi connectivity index (χ4n) is 1.51. The Hall–Kier alpha value is -0.190. The van der Waals surface area contributed by atoms with Crippen molar-refractivity contribution in [3.05, 3.63) is 20.8 Å².